The van der Waals surface area contributed by atoms with E-state index in [1.807, 2.05) is 27.7 Å². The number of methoxy groups -OCH3 is 1. The number of hydrogen-bond donors (Lipinski definition) is 1. The Labute approximate surface area is 174 Å². The molecule has 1 rings (SSSR count). The predicted molar refractivity (Wildman–Crippen MR) is 112 cm³/mol. The van der Waals surface area contributed by atoms with Crippen LogP contribution in [0.3, 0.4) is 0 Å². The number of carbonyl (C=O) groups excluding carboxylic acids is 2. The second-order valence-electron chi connectivity index (χ2n) is 6.46. The fourth-order valence-corrected chi connectivity index (χ4v) is 4.22. The zero-order valence-corrected chi connectivity index (χ0v) is 18.8. The van der Waals surface area contributed by atoms with Gasteiger partial charge in [-0.2, -0.15) is 4.72 Å². The smallest absolute Gasteiger partial charge is 0.241 e. The van der Waals surface area contributed by atoms with Crippen LogP contribution in [0.4, 0.5) is 0 Å². The molecule has 1 N–H and O–H groups in total. The van der Waals surface area contributed by atoms with Crippen molar-refractivity contribution in [1.29, 1.82) is 0 Å². The standard InChI is InChI=1S/C20H33N3O5S/c1-6-22(7-2)19(24)15-14-18(20(25)23(8-3)9-4)21-29(26,27)17-12-10-16(28-5)11-13-17/h10-13,18,21H,6-9,14-15H2,1-5H3/t18-/m0/s1. The Kier molecular flexibility index (Phi) is 10.1. The lowest BCUT2D eigenvalue weighted by Crippen LogP contribution is -2.49. The van der Waals surface area contributed by atoms with Crippen LogP contribution < -0.4 is 9.46 Å². The van der Waals surface area contributed by atoms with E-state index in [9.17, 15) is 18.0 Å². The molecule has 0 spiro atoms. The molecule has 0 saturated carbocycles. The van der Waals surface area contributed by atoms with E-state index >= 15 is 0 Å². The van der Waals surface area contributed by atoms with Crippen LogP contribution in [0.5, 0.6) is 5.75 Å². The van der Waals surface area contributed by atoms with Gasteiger partial charge in [0.25, 0.3) is 0 Å². The van der Waals surface area contributed by atoms with Gasteiger partial charge in [-0.15, -0.1) is 0 Å². The number of benzene rings is 1. The molecule has 1 aromatic rings. The van der Waals surface area contributed by atoms with Gasteiger partial charge in [0.2, 0.25) is 21.8 Å². The summed E-state index contributed by atoms with van der Waals surface area (Å²) in [4.78, 5) is 28.5. The molecule has 0 heterocycles. The van der Waals surface area contributed by atoms with Gasteiger partial charge in [-0.05, 0) is 58.4 Å². The van der Waals surface area contributed by atoms with Gasteiger partial charge in [-0.1, -0.05) is 0 Å². The Morgan fingerprint density at radius 1 is 0.966 bits per heavy atom. The average Bonchev–Trinajstić information content (AvgIpc) is 2.72. The molecular weight excluding hydrogens is 394 g/mol. The molecular formula is C20H33N3O5S. The zero-order valence-electron chi connectivity index (χ0n) is 18.0. The van der Waals surface area contributed by atoms with Crippen molar-refractivity contribution in [3.8, 4) is 5.75 Å². The van der Waals surface area contributed by atoms with E-state index < -0.39 is 16.1 Å². The third kappa shape index (κ3) is 7.01. The summed E-state index contributed by atoms with van der Waals surface area (Å²) in [6.45, 7) is 9.48. The van der Waals surface area contributed by atoms with Crippen LogP contribution in [0, 0.1) is 0 Å². The van der Waals surface area contributed by atoms with Gasteiger partial charge in [-0.25, -0.2) is 8.42 Å². The van der Waals surface area contributed by atoms with Crippen molar-refractivity contribution in [3.05, 3.63) is 24.3 Å². The number of likely N-dealkylation sites (N-methyl/N-ethyl adjacent to an activating group) is 1. The number of hydrogen-bond acceptors (Lipinski definition) is 5. The summed E-state index contributed by atoms with van der Waals surface area (Å²) in [5.41, 5.74) is 0. The fraction of sp³-hybridized carbons (Fsp3) is 0.600. The van der Waals surface area contributed by atoms with E-state index in [1.54, 1.807) is 21.9 Å². The first kappa shape index (κ1) is 24.9. The maximum absolute atomic E-state index is 12.9. The van der Waals surface area contributed by atoms with Crippen molar-refractivity contribution >= 4 is 21.8 Å². The number of carbonyl (C=O) groups is 2. The first-order valence-corrected chi connectivity index (χ1v) is 11.4. The Bertz CT molecular complexity index is 757. The lowest BCUT2D eigenvalue weighted by Gasteiger charge is -2.26. The largest absolute Gasteiger partial charge is 0.497 e. The van der Waals surface area contributed by atoms with Gasteiger partial charge in [0.05, 0.1) is 12.0 Å². The Morgan fingerprint density at radius 3 is 1.93 bits per heavy atom. The van der Waals surface area contributed by atoms with E-state index in [2.05, 4.69) is 4.72 Å². The topological polar surface area (TPSA) is 96.0 Å². The zero-order chi connectivity index (χ0) is 22.0. The minimum atomic E-state index is -3.94. The molecule has 2 amide bonds. The molecule has 1 aromatic carbocycles. The summed E-state index contributed by atoms with van der Waals surface area (Å²) in [5, 5.41) is 0. The van der Waals surface area contributed by atoms with Crippen LogP contribution >= 0.6 is 0 Å². The first-order valence-electron chi connectivity index (χ1n) is 9.96. The molecule has 0 bridgehead atoms. The minimum Gasteiger partial charge on any atom is -0.497 e. The van der Waals surface area contributed by atoms with Gasteiger partial charge < -0.3 is 14.5 Å². The quantitative estimate of drug-likeness (QED) is 0.549. The van der Waals surface area contributed by atoms with Crippen molar-refractivity contribution < 1.29 is 22.7 Å². The Hall–Kier alpha value is -2.13. The van der Waals surface area contributed by atoms with E-state index in [0.29, 0.717) is 31.9 Å². The minimum absolute atomic E-state index is 0.0331. The van der Waals surface area contributed by atoms with Crippen molar-refractivity contribution in [2.75, 3.05) is 33.3 Å². The number of nitrogens with one attached hydrogen (secondary N) is 1. The summed E-state index contributed by atoms with van der Waals surface area (Å²) in [5.74, 6) is 0.0972. The second kappa shape index (κ2) is 11.8. The summed E-state index contributed by atoms with van der Waals surface area (Å²) in [6.07, 6.45) is 0.185. The molecule has 8 nitrogen and oxygen atoms in total. The summed E-state index contributed by atoms with van der Waals surface area (Å²) < 4.78 is 33.2. The van der Waals surface area contributed by atoms with Crippen LogP contribution in [0.2, 0.25) is 0 Å². The van der Waals surface area contributed by atoms with Crippen molar-refractivity contribution in [2.45, 2.75) is 51.5 Å². The highest BCUT2D eigenvalue weighted by atomic mass is 32.2. The van der Waals surface area contributed by atoms with Crippen molar-refractivity contribution in [2.24, 2.45) is 0 Å². The molecule has 9 heteroatoms. The highest BCUT2D eigenvalue weighted by molar-refractivity contribution is 7.89. The number of rotatable bonds is 12. The molecule has 0 aromatic heterocycles. The number of ether oxygens (including phenoxy) is 1. The maximum atomic E-state index is 12.9. The highest BCUT2D eigenvalue weighted by Gasteiger charge is 2.29. The van der Waals surface area contributed by atoms with E-state index in [1.165, 1.54) is 19.2 Å². The fourth-order valence-electron chi connectivity index (χ4n) is 3.00. The molecule has 1 atom stereocenters. The van der Waals surface area contributed by atoms with Crippen LogP contribution in [-0.2, 0) is 19.6 Å². The van der Waals surface area contributed by atoms with E-state index in [0.717, 1.165) is 0 Å². The third-order valence-corrected chi connectivity index (χ3v) is 6.29. The SMILES string of the molecule is CCN(CC)C(=O)CC[C@H](NS(=O)(=O)c1ccc(OC)cc1)C(=O)N(CC)CC. The van der Waals surface area contributed by atoms with Gasteiger partial charge in [0, 0.05) is 32.6 Å². The normalized spacial score (nSPS) is 12.3. The number of nitrogens with zero attached hydrogens (tertiary/aromatic N) is 2. The summed E-state index contributed by atoms with van der Waals surface area (Å²) in [7, 11) is -2.44. The van der Waals surface area contributed by atoms with Gasteiger partial charge >= 0.3 is 0 Å². The Morgan fingerprint density at radius 2 is 1.48 bits per heavy atom. The Balaban J connectivity index is 3.05. The van der Waals surface area contributed by atoms with E-state index in [-0.39, 0.29) is 29.6 Å². The molecule has 164 valence electrons. The first-order chi connectivity index (χ1) is 13.7. The lowest BCUT2D eigenvalue weighted by molar-refractivity contribution is -0.133. The molecule has 0 unspecified atom stereocenters. The molecule has 29 heavy (non-hydrogen) atoms. The monoisotopic (exact) mass is 427 g/mol. The molecule has 0 aliphatic carbocycles. The second-order valence-corrected chi connectivity index (χ2v) is 8.18. The van der Waals surface area contributed by atoms with Crippen molar-refractivity contribution in [1.82, 2.24) is 14.5 Å². The van der Waals surface area contributed by atoms with Crippen LogP contribution in [0.15, 0.2) is 29.2 Å². The van der Waals surface area contributed by atoms with Gasteiger partial charge in [-0.3, -0.25) is 9.59 Å². The molecule has 0 radical (unpaired) electrons. The number of sulfonamides is 1. The van der Waals surface area contributed by atoms with Crippen molar-refractivity contribution in [3.63, 3.8) is 0 Å². The molecule has 0 fully saturated rings. The predicted octanol–water partition coefficient (Wildman–Crippen LogP) is 1.86. The maximum Gasteiger partial charge on any atom is 0.241 e. The molecule has 0 aliphatic heterocycles. The lowest BCUT2D eigenvalue weighted by atomic mass is 10.1. The van der Waals surface area contributed by atoms with Gasteiger partial charge in [0.1, 0.15) is 11.8 Å². The summed E-state index contributed by atoms with van der Waals surface area (Å²) >= 11 is 0. The van der Waals surface area contributed by atoms with Gasteiger partial charge in [0.15, 0.2) is 0 Å². The summed E-state index contributed by atoms with van der Waals surface area (Å²) in [6, 6.07) is 4.91. The van der Waals surface area contributed by atoms with Crippen LogP contribution in [-0.4, -0.2) is 69.4 Å². The average molecular weight is 428 g/mol. The number of amides is 2. The highest BCUT2D eigenvalue weighted by Crippen LogP contribution is 2.17. The van der Waals surface area contributed by atoms with Crippen LogP contribution in [0.25, 0.3) is 0 Å². The third-order valence-electron chi connectivity index (χ3n) is 4.80. The van der Waals surface area contributed by atoms with Crippen LogP contribution in [0.1, 0.15) is 40.5 Å². The molecule has 0 saturated heterocycles. The molecule has 0 aliphatic rings. The van der Waals surface area contributed by atoms with E-state index in [4.69, 9.17) is 4.74 Å².